The van der Waals surface area contributed by atoms with Gasteiger partial charge in [0, 0.05) is 21.5 Å². The lowest BCUT2D eigenvalue weighted by Gasteiger charge is -2.02. The number of hydrogen-bond acceptors (Lipinski definition) is 4. The number of hydrogen-bond donors (Lipinski definition) is 1. The first kappa shape index (κ1) is 11.7. The largest absolute Gasteiger partial charge is 0.458 e. The minimum Gasteiger partial charge on any atom is -0.458 e. The number of aromatic nitrogens is 1. The van der Waals surface area contributed by atoms with E-state index in [1.165, 1.54) is 11.3 Å². The molecule has 0 spiro atoms. The van der Waals surface area contributed by atoms with Crippen molar-refractivity contribution in [3.8, 4) is 0 Å². The fourth-order valence-corrected chi connectivity index (χ4v) is 2.76. The summed E-state index contributed by atoms with van der Waals surface area (Å²) in [6.45, 7) is 1.89. The van der Waals surface area contributed by atoms with Gasteiger partial charge in [-0.2, -0.15) is 0 Å². The first-order valence-electron chi connectivity index (χ1n) is 5.42. The van der Waals surface area contributed by atoms with Gasteiger partial charge in [0.15, 0.2) is 6.10 Å². The van der Waals surface area contributed by atoms with Crippen LogP contribution in [0.4, 0.5) is 0 Å². The van der Waals surface area contributed by atoms with Crippen molar-refractivity contribution in [3.05, 3.63) is 51.1 Å². The second kappa shape index (κ2) is 4.39. The first-order chi connectivity index (χ1) is 8.63. The van der Waals surface area contributed by atoms with Crippen molar-refractivity contribution in [2.24, 2.45) is 0 Å². The standard InChI is InChI=1S/C13H10ClNO2S/c1-7-6-18-13(15-7)12(16)11-5-8-4-9(14)2-3-10(8)17-11/h2-6,12,16H,1H3. The molecule has 0 fully saturated rings. The van der Waals surface area contributed by atoms with Gasteiger partial charge in [-0.15, -0.1) is 11.3 Å². The van der Waals surface area contributed by atoms with Crippen LogP contribution in [-0.4, -0.2) is 10.1 Å². The van der Waals surface area contributed by atoms with E-state index in [2.05, 4.69) is 4.98 Å². The van der Waals surface area contributed by atoms with E-state index in [0.717, 1.165) is 11.1 Å². The van der Waals surface area contributed by atoms with E-state index >= 15 is 0 Å². The Balaban J connectivity index is 2.03. The van der Waals surface area contributed by atoms with E-state index in [0.29, 0.717) is 21.4 Å². The van der Waals surface area contributed by atoms with Gasteiger partial charge >= 0.3 is 0 Å². The van der Waals surface area contributed by atoms with Crippen LogP contribution in [0, 0.1) is 6.92 Å². The molecule has 0 bridgehead atoms. The number of thiazole rings is 1. The summed E-state index contributed by atoms with van der Waals surface area (Å²) < 4.78 is 5.61. The molecule has 0 saturated carbocycles. The van der Waals surface area contributed by atoms with Crippen LogP contribution >= 0.6 is 22.9 Å². The lowest BCUT2D eigenvalue weighted by Crippen LogP contribution is -1.96. The fraction of sp³-hybridized carbons (Fsp3) is 0.154. The Morgan fingerprint density at radius 2 is 2.22 bits per heavy atom. The third-order valence-corrected chi connectivity index (χ3v) is 3.89. The number of benzene rings is 1. The molecule has 0 aliphatic carbocycles. The number of rotatable bonds is 2. The summed E-state index contributed by atoms with van der Waals surface area (Å²) in [5, 5.41) is 14.3. The van der Waals surface area contributed by atoms with Gasteiger partial charge < -0.3 is 9.52 Å². The zero-order valence-electron chi connectivity index (χ0n) is 9.55. The first-order valence-corrected chi connectivity index (χ1v) is 6.68. The van der Waals surface area contributed by atoms with Crippen LogP contribution in [-0.2, 0) is 0 Å². The Morgan fingerprint density at radius 3 is 2.94 bits per heavy atom. The highest BCUT2D eigenvalue weighted by molar-refractivity contribution is 7.09. The molecule has 0 amide bonds. The molecular formula is C13H10ClNO2S. The van der Waals surface area contributed by atoms with Gasteiger partial charge in [0.2, 0.25) is 0 Å². The monoisotopic (exact) mass is 279 g/mol. The SMILES string of the molecule is Cc1csc(C(O)c2cc3cc(Cl)ccc3o2)n1. The second-order valence-electron chi connectivity index (χ2n) is 4.06. The zero-order chi connectivity index (χ0) is 12.7. The van der Waals surface area contributed by atoms with E-state index in [9.17, 15) is 5.11 Å². The lowest BCUT2D eigenvalue weighted by atomic mass is 10.2. The maximum absolute atomic E-state index is 10.2. The Kier molecular flexibility index (Phi) is 2.86. The average molecular weight is 280 g/mol. The topological polar surface area (TPSA) is 46.3 Å². The van der Waals surface area contributed by atoms with Crippen molar-refractivity contribution in [3.63, 3.8) is 0 Å². The number of halogens is 1. The highest BCUT2D eigenvalue weighted by Crippen LogP contribution is 2.30. The summed E-state index contributed by atoms with van der Waals surface area (Å²) in [5.41, 5.74) is 1.61. The van der Waals surface area contributed by atoms with Gasteiger partial charge in [-0.25, -0.2) is 4.98 Å². The van der Waals surface area contributed by atoms with Gasteiger partial charge in [-0.05, 0) is 31.2 Å². The summed E-state index contributed by atoms with van der Waals surface area (Å²) in [7, 11) is 0. The van der Waals surface area contributed by atoms with Gasteiger partial charge in [0.05, 0.1) is 0 Å². The Bertz CT molecular complexity index is 704. The van der Waals surface area contributed by atoms with E-state index in [1.54, 1.807) is 18.2 Å². The maximum atomic E-state index is 10.2. The number of fused-ring (bicyclic) bond motifs is 1. The average Bonchev–Trinajstić information content (AvgIpc) is 2.93. The fourth-order valence-electron chi connectivity index (χ4n) is 1.79. The molecule has 0 aliphatic heterocycles. The molecule has 18 heavy (non-hydrogen) atoms. The number of aliphatic hydroxyl groups excluding tert-OH is 1. The molecule has 2 heterocycles. The third kappa shape index (κ3) is 2.03. The molecule has 92 valence electrons. The predicted molar refractivity (Wildman–Crippen MR) is 72.1 cm³/mol. The van der Waals surface area contributed by atoms with Crippen LogP contribution in [0.5, 0.6) is 0 Å². The van der Waals surface area contributed by atoms with Crippen LogP contribution < -0.4 is 0 Å². The van der Waals surface area contributed by atoms with Crippen molar-refractivity contribution >= 4 is 33.9 Å². The molecule has 3 nitrogen and oxygen atoms in total. The summed E-state index contributed by atoms with van der Waals surface area (Å²) in [6, 6.07) is 7.16. The smallest absolute Gasteiger partial charge is 0.163 e. The van der Waals surface area contributed by atoms with Crippen LogP contribution in [0.1, 0.15) is 22.6 Å². The molecule has 1 atom stereocenters. The van der Waals surface area contributed by atoms with Crippen LogP contribution in [0.2, 0.25) is 5.02 Å². The summed E-state index contributed by atoms with van der Waals surface area (Å²) >= 11 is 7.33. The second-order valence-corrected chi connectivity index (χ2v) is 5.39. The van der Waals surface area contributed by atoms with Crippen molar-refractivity contribution < 1.29 is 9.52 Å². The molecule has 3 rings (SSSR count). The van der Waals surface area contributed by atoms with Crippen molar-refractivity contribution in [2.45, 2.75) is 13.0 Å². The van der Waals surface area contributed by atoms with Crippen molar-refractivity contribution in [2.75, 3.05) is 0 Å². The van der Waals surface area contributed by atoms with Gasteiger partial charge in [-0.3, -0.25) is 0 Å². The molecule has 2 aromatic heterocycles. The van der Waals surface area contributed by atoms with E-state index in [-0.39, 0.29) is 0 Å². The van der Waals surface area contributed by atoms with Crippen molar-refractivity contribution in [1.82, 2.24) is 4.98 Å². The molecule has 5 heteroatoms. The zero-order valence-corrected chi connectivity index (χ0v) is 11.1. The quantitative estimate of drug-likeness (QED) is 0.773. The summed E-state index contributed by atoms with van der Waals surface area (Å²) in [5.74, 6) is 0.488. The minimum atomic E-state index is -0.824. The van der Waals surface area contributed by atoms with Crippen LogP contribution in [0.3, 0.4) is 0 Å². The molecule has 1 aromatic carbocycles. The van der Waals surface area contributed by atoms with Crippen molar-refractivity contribution in [1.29, 1.82) is 0 Å². The molecule has 1 N–H and O–H groups in total. The normalized spacial score (nSPS) is 13.1. The number of nitrogens with zero attached hydrogens (tertiary/aromatic N) is 1. The number of aryl methyl sites for hydroxylation is 1. The Labute approximate surface area is 113 Å². The highest BCUT2D eigenvalue weighted by atomic mass is 35.5. The van der Waals surface area contributed by atoms with E-state index in [4.69, 9.17) is 16.0 Å². The predicted octanol–water partition coefficient (Wildman–Crippen LogP) is 3.93. The van der Waals surface area contributed by atoms with E-state index < -0.39 is 6.10 Å². The highest BCUT2D eigenvalue weighted by Gasteiger charge is 2.18. The molecule has 1 unspecified atom stereocenters. The van der Waals surface area contributed by atoms with Crippen LogP contribution in [0.25, 0.3) is 11.0 Å². The summed E-state index contributed by atoms with van der Waals surface area (Å²) in [6.07, 6.45) is -0.824. The molecule has 0 saturated heterocycles. The molecule has 0 aliphatic rings. The molecule has 3 aromatic rings. The van der Waals surface area contributed by atoms with Gasteiger partial charge in [0.1, 0.15) is 16.4 Å². The lowest BCUT2D eigenvalue weighted by molar-refractivity contribution is 0.191. The number of aliphatic hydroxyl groups is 1. The van der Waals surface area contributed by atoms with Crippen LogP contribution in [0.15, 0.2) is 34.1 Å². The Hall–Kier alpha value is -1.36. The Morgan fingerprint density at radius 1 is 1.39 bits per heavy atom. The van der Waals surface area contributed by atoms with Gasteiger partial charge in [0.25, 0.3) is 0 Å². The minimum absolute atomic E-state index is 0.488. The van der Waals surface area contributed by atoms with Gasteiger partial charge in [-0.1, -0.05) is 11.6 Å². The molecule has 0 radical (unpaired) electrons. The summed E-state index contributed by atoms with van der Waals surface area (Å²) in [4.78, 5) is 4.26. The van der Waals surface area contributed by atoms with E-state index in [1.807, 2.05) is 18.4 Å². The molecular weight excluding hydrogens is 270 g/mol. The number of furan rings is 1. The third-order valence-electron chi connectivity index (χ3n) is 2.64. The maximum Gasteiger partial charge on any atom is 0.163 e.